The minimum atomic E-state index is -0.925. The molecule has 156 valence electrons. The van der Waals surface area contributed by atoms with Gasteiger partial charge >= 0.3 is 5.97 Å². The fourth-order valence-electron chi connectivity index (χ4n) is 2.20. The summed E-state index contributed by atoms with van der Waals surface area (Å²) in [6.07, 6.45) is -0.925. The summed E-state index contributed by atoms with van der Waals surface area (Å²) in [5, 5.41) is 5.32. The van der Waals surface area contributed by atoms with Crippen molar-refractivity contribution in [2.75, 3.05) is 0 Å². The minimum Gasteiger partial charge on any atom is -0.449 e. The zero-order chi connectivity index (χ0) is 21.7. The average Bonchev–Trinajstić information content (AvgIpc) is 2.51. The minimum absolute atomic E-state index is 0.112. The summed E-state index contributed by atoms with van der Waals surface area (Å²) in [5.41, 5.74) is -0.417. The van der Waals surface area contributed by atoms with Crippen LogP contribution in [0.25, 0.3) is 0 Å². The molecule has 0 heterocycles. The standard InChI is InChI=1S/C21H32N2O4S/c1-13(17(24)22-20(3,4)5)27-19(26)15-11-9-10-12-16(15)28-14(2)18(25)23-21(6,7)8/h9-14H,1-8H3,(H,22,24)(H,23,25). The van der Waals surface area contributed by atoms with E-state index in [4.69, 9.17) is 4.74 Å². The maximum Gasteiger partial charge on any atom is 0.340 e. The smallest absolute Gasteiger partial charge is 0.340 e. The summed E-state index contributed by atoms with van der Waals surface area (Å²) in [6, 6.07) is 6.92. The molecule has 28 heavy (non-hydrogen) atoms. The Kier molecular flexibility index (Phi) is 8.11. The molecule has 0 spiro atoms. The second-order valence-electron chi connectivity index (χ2n) is 8.78. The van der Waals surface area contributed by atoms with E-state index in [-0.39, 0.29) is 17.4 Å². The third-order valence-corrected chi connectivity index (χ3v) is 4.61. The molecular weight excluding hydrogens is 376 g/mol. The van der Waals surface area contributed by atoms with Crippen LogP contribution in [0, 0.1) is 0 Å². The van der Waals surface area contributed by atoms with Gasteiger partial charge in [0.2, 0.25) is 5.91 Å². The van der Waals surface area contributed by atoms with Crippen LogP contribution in [0.1, 0.15) is 65.7 Å². The Bertz CT molecular complexity index is 720. The number of ether oxygens (including phenoxy) is 1. The Labute approximate surface area is 172 Å². The molecule has 0 aliphatic heterocycles. The quantitative estimate of drug-likeness (QED) is 0.555. The van der Waals surface area contributed by atoms with Crippen molar-refractivity contribution in [1.29, 1.82) is 0 Å². The molecule has 0 aliphatic carbocycles. The average molecular weight is 409 g/mol. The summed E-state index contributed by atoms with van der Waals surface area (Å²) in [4.78, 5) is 37.7. The van der Waals surface area contributed by atoms with Crippen LogP contribution in [0.2, 0.25) is 0 Å². The van der Waals surface area contributed by atoms with Crippen molar-refractivity contribution in [3.63, 3.8) is 0 Å². The molecular formula is C21H32N2O4S. The van der Waals surface area contributed by atoms with Crippen molar-refractivity contribution in [2.24, 2.45) is 0 Å². The summed E-state index contributed by atoms with van der Waals surface area (Å²) in [5.74, 6) is -1.06. The molecule has 1 rings (SSSR count). The highest BCUT2D eigenvalue weighted by molar-refractivity contribution is 8.00. The fourth-order valence-corrected chi connectivity index (χ4v) is 3.18. The van der Waals surface area contributed by atoms with Gasteiger partial charge in [-0.05, 0) is 67.5 Å². The lowest BCUT2D eigenvalue weighted by Gasteiger charge is -2.24. The first-order valence-electron chi connectivity index (χ1n) is 9.30. The molecule has 6 nitrogen and oxygen atoms in total. The van der Waals surface area contributed by atoms with Gasteiger partial charge in [0.05, 0.1) is 10.8 Å². The van der Waals surface area contributed by atoms with Gasteiger partial charge in [0, 0.05) is 16.0 Å². The normalized spacial score (nSPS) is 14.0. The third-order valence-electron chi connectivity index (χ3n) is 3.43. The predicted molar refractivity (Wildman–Crippen MR) is 112 cm³/mol. The Hall–Kier alpha value is -2.02. The van der Waals surface area contributed by atoms with E-state index in [0.717, 1.165) is 0 Å². The third kappa shape index (κ3) is 8.33. The van der Waals surface area contributed by atoms with Crippen molar-refractivity contribution >= 4 is 29.5 Å². The summed E-state index contributed by atoms with van der Waals surface area (Å²) < 4.78 is 5.34. The number of carbonyl (C=O) groups is 3. The van der Waals surface area contributed by atoms with Gasteiger partial charge in [0.1, 0.15) is 0 Å². The van der Waals surface area contributed by atoms with Gasteiger partial charge in [-0.2, -0.15) is 0 Å². The van der Waals surface area contributed by atoms with E-state index in [9.17, 15) is 14.4 Å². The number of esters is 1. The number of benzene rings is 1. The Balaban J connectivity index is 2.86. The number of amides is 2. The molecule has 2 unspecified atom stereocenters. The van der Waals surface area contributed by atoms with E-state index in [2.05, 4.69) is 10.6 Å². The highest BCUT2D eigenvalue weighted by Crippen LogP contribution is 2.28. The van der Waals surface area contributed by atoms with Crippen LogP contribution in [0.5, 0.6) is 0 Å². The number of rotatable bonds is 6. The topological polar surface area (TPSA) is 84.5 Å². The van der Waals surface area contributed by atoms with E-state index in [1.165, 1.54) is 18.7 Å². The molecule has 2 atom stereocenters. The van der Waals surface area contributed by atoms with Crippen LogP contribution in [0.4, 0.5) is 0 Å². The van der Waals surface area contributed by atoms with Crippen LogP contribution in [0.15, 0.2) is 29.2 Å². The lowest BCUT2D eigenvalue weighted by molar-refractivity contribution is -0.130. The molecule has 2 amide bonds. The van der Waals surface area contributed by atoms with Crippen molar-refractivity contribution in [2.45, 2.75) is 82.7 Å². The molecule has 1 aromatic carbocycles. The largest absolute Gasteiger partial charge is 0.449 e. The number of hydrogen-bond acceptors (Lipinski definition) is 5. The van der Waals surface area contributed by atoms with E-state index < -0.39 is 22.9 Å². The second-order valence-corrected chi connectivity index (χ2v) is 10.2. The highest BCUT2D eigenvalue weighted by Gasteiger charge is 2.26. The zero-order valence-electron chi connectivity index (χ0n) is 18.0. The van der Waals surface area contributed by atoms with Crippen molar-refractivity contribution in [3.05, 3.63) is 29.8 Å². The Morgan fingerprint density at radius 2 is 1.39 bits per heavy atom. The maximum absolute atomic E-state index is 12.6. The van der Waals surface area contributed by atoms with Crippen molar-refractivity contribution in [1.82, 2.24) is 10.6 Å². The molecule has 2 N–H and O–H groups in total. The molecule has 0 aliphatic rings. The van der Waals surface area contributed by atoms with Crippen LogP contribution < -0.4 is 10.6 Å². The Morgan fingerprint density at radius 1 is 0.893 bits per heavy atom. The SMILES string of the molecule is CC(OC(=O)c1ccccc1SC(C)C(=O)NC(C)(C)C)C(=O)NC(C)(C)C. The Morgan fingerprint density at radius 3 is 1.93 bits per heavy atom. The number of carbonyl (C=O) groups excluding carboxylic acids is 3. The fraction of sp³-hybridized carbons (Fsp3) is 0.571. The molecule has 0 bridgehead atoms. The van der Waals surface area contributed by atoms with Crippen LogP contribution >= 0.6 is 11.8 Å². The lowest BCUT2D eigenvalue weighted by Crippen LogP contribution is -2.46. The van der Waals surface area contributed by atoms with Crippen LogP contribution in [-0.2, 0) is 14.3 Å². The maximum atomic E-state index is 12.6. The van der Waals surface area contributed by atoms with Gasteiger partial charge < -0.3 is 15.4 Å². The molecule has 0 saturated heterocycles. The first kappa shape index (κ1) is 24.0. The van der Waals surface area contributed by atoms with E-state index in [1.807, 2.05) is 41.5 Å². The lowest BCUT2D eigenvalue weighted by atomic mass is 10.1. The van der Waals surface area contributed by atoms with Gasteiger partial charge in [-0.15, -0.1) is 11.8 Å². The first-order valence-corrected chi connectivity index (χ1v) is 10.2. The van der Waals surface area contributed by atoms with Gasteiger partial charge in [-0.3, -0.25) is 9.59 Å². The second kappa shape index (κ2) is 9.45. The van der Waals surface area contributed by atoms with E-state index >= 15 is 0 Å². The van der Waals surface area contributed by atoms with Gasteiger partial charge in [0.25, 0.3) is 5.91 Å². The summed E-state index contributed by atoms with van der Waals surface area (Å²) >= 11 is 1.28. The highest BCUT2D eigenvalue weighted by atomic mass is 32.2. The molecule has 0 fully saturated rings. The molecule has 0 aromatic heterocycles. The van der Waals surface area contributed by atoms with Gasteiger partial charge in [0.15, 0.2) is 6.10 Å². The monoisotopic (exact) mass is 408 g/mol. The molecule has 0 saturated carbocycles. The van der Waals surface area contributed by atoms with Gasteiger partial charge in [-0.25, -0.2) is 4.79 Å². The first-order chi connectivity index (χ1) is 12.7. The number of nitrogens with one attached hydrogen (secondary N) is 2. The summed E-state index contributed by atoms with van der Waals surface area (Å²) in [7, 11) is 0. The molecule has 7 heteroatoms. The number of hydrogen-bond donors (Lipinski definition) is 2. The predicted octanol–water partition coefficient (Wildman–Crippen LogP) is 3.54. The molecule has 0 radical (unpaired) electrons. The van der Waals surface area contributed by atoms with Crippen molar-refractivity contribution in [3.8, 4) is 0 Å². The van der Waals surface area contributed by atoms with Crippen molar-refractivity contribution < 1.29 is 19.1 Å². The van der Waals surface area contributed by atoms with Crippen LogP contribution in [0.3, 0.4) is 0 Å². The van der Waals surface area contributed by atoms with Gasteiger partial charge in [-0.1, -0.05) is 12.1 Å². The number of thioether (sulfide) groups is 1. The van der Waals surface area contributed by atoms with E-state index in [0.29, 0.717) is 10.5 Å². The zero-order valence-corrected chi connectivity index (χ0v) is 18.8. The molecule has 1 aromatic rings. The van der Waals surface area contributed by atoms with E-state index in [1.54, 1.807) is 31.2 Å². The summed E-state index contributed by atoms with van der Waals surface area (Å²) in [6.45, 7) is 14.6. The van der Waals surface area contributed by atoms with Crippen LogP contribution in [-0.4, -0.2) is 40.2 Å².